The molecule has 1 saturated heterocycles. The minimum atomic E-state index is -0.444. The number of nitrogens with zero attached hydrogens (tertiary/aromatic N) is 4. The lowest BCUT2D eigenvalue weighted by Crippen LogP contribution is -2.49. The first kappa shape index (κ1) is 21.6. The number of halogens is 1. The highest BCUT2D eigenvalue weighted by atomic mass is 35.5. The van der Waals surface area contributed by atoms with Crippen LogP contribution in [-0.2, 0) is 6.42 Å². The van der Waals surface area contributed by atoms with Gasteiger partial charge in [-0.2, -0.15) is 0 Å². The smallest absolute Gasteiger partial charge is 0.264 e. The molecule has 1 fully saturated rings. The summed E-state index contributed by atoms with van der Waals surface area (Å²) < 4.78 is 1.18. The maximum absolute atomic E-state index is 13.0. The van der Waals surface area contributed by atoms with Crippen LogP contribution in [-0.4, -0.2) is 51.9 Å². The van der Waals surface area contributed by atoms with E-state index in [1.165, 1.54) is 16.5 Å². The van der Waals surface area contributed by atoms with Gasteiger partial charge in [0.05, 0.1) is 10.2 Å². The molecule has 0 saturated carbocycles. The first-order valence-electron chi connectivity index (χ1n) is 10.8. The van der Waals surface area contributed by atoms with Crippen molar-refractivity contribution in [3.63, 3.8) is 0 Å². The summed E-state index contributed by atoms with van der Waals surface area (Å²) in [4.78, 5) is 41.3. The molecule has 3 heterocycles. The number of aromatic nitrogens is 3. The number of hydrogen-bond acceptors (Lipinski definition) is 6. The lowest BCUT2D eigenvalue weighted by molar-refractivity contribution is 0.0744. The van der Waals surface area contributed by atoms with E-state index in [2.05, 4.69) is 40.0 Å². The van der Waals surface area contributed by atoms with Gasteiger partial charge in [0, 0.05) is 43.0 Å². The third-order valence-electron chi connectivity index (χ3n) is 5.83. The molecule has 9 heteroatoms. The molecule has 0 radical (unpaired) electrons. The van der Waals surface area contributed by atoms with Crippen LogP contribution >= 0.6 is 22.9 Å². The quantitative estimate of drug-likeness (QED) is 0.473. The molecule has 0 spiro atoms. The average Bonchev–Trinajstić information content (AvgIpc) is 3.27. The first-order valence-corrected chi connectivity index (χ1v) is 12.0. The number of benzene rings is 2. The minimum absolute atomic E-state index is 0.0493. The normalized spacial score (nSPS) is 14.1. The topological polar surface area (TPSA) is 82.2 Å². The fourth-order valence-electron chi connectivity index (χ4n) is 3.88. The standard InChI is InChI=1S/C24H22ClN5O2S/c1-2-15-3-8-19-20(13-15)33-24(27-19)30-11-9-29(10-12-30)23(32)18-14-26-21(28-22(18)31)16-4-6-17(25)7-5-16/h3-8,13-14H,2,9-12H2,1H3,(H,26,28,31). The highest BCUT2D eigenvalue weighted by Crippen LogP contribution is 2.30. The number of fused-ring (bicyclic) bond motifs is 1. The van der Waals surface area contributed by atoms with Gasteiger partial charge in [0.25, 0.3) is 11.5 Å². The van der Waals surface area contributed by atoms with E-state index in [1.54, 1.807) is 40.5 Å². The number of anilines is 1. The number of aromatic amines is 1. The molecule has 4 aromatic rings. The van der Waals surface area contributed by atoms with Crippen molar-refractivity contribution >= 4 is 44.2 Å². The Hall–Kier alpha value is -3.23. The summed E-state index contributed by atoms with van der Waals surface area (Å²) in [7, 11) is 0. The molecule has 0 unspecified atom stereocenters. The first-order chi connectivity index (χ1) is 16.0. The molecule has 1 N–H and O–H groups in total. The van der Waals surface area contributed by atoms with Gasteiger partial charge in [-0.3, -0.25) is 9.59 Å². The van der Waals surface area contributed by atoms with Gasteiger partial charge in [-0.1, -0.05) is 35.9 Å². The van der Waals surface area contributed by atoms with Crippen molar-refractivity contribution in [1.82, 2.24) is 19.9 Å². The Morgan fingerprint density at radius 1 is 1.12 bits per heavy atom. The molecule has 33 heavy (non-hydrogen) atoms. The summed E-state index contributed by atoms with van der Waals surface area (Å²) >= 11 is 7.60. The minimum Gasteiger partial charge on any atom is -0.345 e. The van der Waals surface area contributed by atoms with Crippen molar-refractivity contribution in [2.75, 3.05) is 31.1 Å². The Bertz CT molecular complexity index is 1370. The Morgan fingerprint density at radius 2 is 1.88 bits per heavy atom. The van der Waals surface area contributed by atoms with Crippen molar-refractivity contribution in [2.24, 2.45) is 0 Å². The number of hydrogen-bond donors (Lipinski definition) is 1. The van der Waals surface area contributed by atoms with Gasteiger partial charge in [-0.05, 0) is 48.4 Å². The zero-order valence-electron chi connectivity index (χ0n) is 18.0. The van der Waals surface area contributed by atoms with Gasteiger partial charge in [0.1, 0.15) is 11.4 Å². The zero-order chi connectivity index (χ0) is 22.9. The van der Waals surface area contributed by atoms with Crippen LogP contribution in [0.15, 0.2) is 53.5 Å². The van der Waals surface area contributed by atoms with Crippen LogP contribution in [0.1, 0.15) is 22.8 Å². The number of carbonyl (C=O) groups is 1. The zero-order valence-corrected chi connectivity index (χ0v) is 19.6. The number of nitrogens with one attached hydrogen (secondary N) is 1. The largest absolute Gasteiger partial charge is 0.345 e. The molecule has 2 aromatic carbocycles. The van der Waals surface area contributed by atoms with Crippen LogP contribution in [0.2, 0.25) is 5.02 Å². The van der Waals surface area contributed by atoms with Crippen LogP contribution in [0.25, 0.3) is 21.6 Å². The van der Waals surface area contributed by atoms with Crippen molar-refractivity contribution in [2.45, 2.75) is 13.3 Å². The van der Waals surface area contributed by atoms with E-state index in [9.17, 15) is 9.59 Å². The van der Waals surface area contributed by atoms with Crippen molar-refractivity contribution in [3.05, 3.63) is 75.2 Å². The van der Waals surface area contributed by atoms with Crippen LogP contribution in [0.3, 0.4) is 0 Å². The van der Waals surface area contributed by atoms with E-state index >= 15 is 0 Å². The Kier molecular flexibility index (Phi) is 5.86. The predicted octanol–water partition coefficient (Wildman–Crippen LogP) is 4.22. The predicted molar refractivity (Wildman–Crippen MR) is 132 cm³/mol. The maximum Gasteiger partial charge on any atom is 0.264 e. The molecule has 1 aliphatic rings. The Balaban J connectivity index is 1.27. The number of H-pyrrole nitrogens is 1. The number of rotatable bonds is 4. The summed E-state index contributed by atoms with van der Waals surface area (Å²) in [6.07, 6.45) is 2.36. The van der Waals surface area contributed by atoms with Gasteiger partial charge < -0.3 is 14.8 Å². The SMILES string of the molecule is CCc1ccc2nc(N3CCN(C(=O)c4cnc(-c5ccc(Cl)cc5)[nH]c4=O)CC3)sc2c1. The fraction of sp³-hybridized carbons (Fsp3) is 0.250. The summed E-state index contributed by atoms with van der Waals surface area (Å²) in [5.74, 6) is 0.100. The van der Waals surface area contributed by atoms with Gasteiger partial charge in [-0.15, -0.1) is 0 Å². The van der Waals surface area contributed by atoms with Crippen molar-refractivity contribution in [1.29, 1.82) is 0 Å². The molecule has 5 rings (SSSR count). The molecule has 0 atom stereocenters. The Morgan fingerprint density at radius 3 is 2.58 bits per heavy atom. The molecule has 2 aromatic heterocycles. The van der Waals surface area contributed by atoms with E-state index < -0.39 is 5.56 Å². The molecular weight excluding hydrogens is 458 g/mol. The average molecular weight is 480 g/mol. The van der Waals surface area contributed by atoms with Gasteiger partial charge in [0.15, 0.2) is 5.13 Å². The van der Waals surface area contributed by atoms with Gasteiger partial charge in [0.2, 0.25) is 0 Å². The van der Waals surface area contributed by atoms with Crippen molar-refractivity contribution < 1.29 is 4.79 Å². The van der Waals surface area contributed by atoms with E-state index in [-0.39, 0.29) is 11.5 Å². The Labute approximate surface area is 199 Å². The summed E-state index contributed by atoms with van der Waals surface area (Å²) in [6, 6.07) is 13.4. The molecular formula is C24H22ClN5O2S. The second-order valence-electron chi connectivity index (χ2n) is 7.91. The molecule has 7 nitrogen and oxygen atoms in total. The third kappa shape index (κ3) is 4.36. The lowest BCUT2D eigenvalue weighted by atomic mass is 10.2. The molecule has 0 bridgehead atoms. The maximum atomic E-state index is 13.0. The van der Waals surface area contributed by atoms with Gasteiger partial charge >= 0.3 is 0 Å². The van der Waals surface area contributed by atoms with E-state index in [1.807, 2.05) is 0 Å². The number of aryl methyl sites for hydroxylation is 1. The van der Waals surface area contributed by atoms with Crippen LogP contribution in [0.5, 0.6) is 0 Å². The third-order valence-corrected chi connectivity index (χ3v) is 7.17. The molecule has 0 aliphatic carbocycles. The second kappa shape index (κ2) is 8.96. The number of amides is 1. The van der Waals surface area contributed by atoms with Crippen LogP contribution < -0.4 is 10.5 Å². The monoisotopic (exact) mass is 479 g/mol. The highest BCUT2D eigenvalue weighted by Gasteiger charge is 2.26. The molecule has 168 valence electrons. The number of carbonyl (C=O) groups excluding carboxylic acids is 1. The summed E-state index contributed by atoms with van der Waals surface area (Å²) in [5.41, 5.74) is 2.64. The summed E-state index contributed by atoms with van der Waals surface area (Å²) in [6.45, 7) is 4.52. The number of thiazole rings is 1. The highest BCUT2D eigenvalue weighted by molar-refractivity contribution is 7.22. The van der Waals surface area contributed by atoms with E-state index in [0.717, 1.165) is 22.6 Å². The summed E-state index contributed by atoms with van der Waals surface area (Å²) in [5, 5.41) is 1.57. The van der Waals surface area contributed by atoms with E-state index in [0.29, 0.717) is 37.0 Å². The fourth-order valence-corrected chi connectivity index (χ4v) is 5.09. The van der Waals surface area contributed by atoms with E-state index in [4.69, 9.17) is 16.6 Å². The van der Waals surface area contributed by atoms with Crippen LogP contribution in [0, 0.1) is 0 Å². The molecule has 1 amide bonds. The van der Waals surface area contributed by atoms with Crippen LogP contribution in [0.4, 0.5) is 5.13 Å². The van der Waals surface area contributed by atoms with Crippen molar-refractivity contribution in [3.8, 4) is 11.4 Å². The second-order valence-corrected chi connectivity index (χ2v) is 9.36. The molecule has 1 aliphatic heterocycles. The number of piperazine rings is 1. The lowest BCUT2D eigenvalue weighted by Gasteiger charge is -2.34. The van der Waals surface area contributed by atoms with Gasteiger partial charge in [-0.25, -0.2) is 9.97 Å².